The van der Waals surface area contributed by atoms with Crippen LogP contribution >= 0.6 is 0 Å². The Balaban J connectivity index is 2.79. The predicted octanol–water partition coefficient (Wildman–Crippen LogP) is 0.849. The van der Waals surface area contributed by atoms with Gasteiger partial charge in [0.15, 0.2) is 5.78 Å². The highest BCUT2D eigenvalue weighted by Crippen LogP contribution is 2.29. The van der Waals surface area contributed by atoms with Crippen molar-refractivity contribution in [2.75, 3.05) is 20.1 Å². The average molecular weight is 213 g/mol. The lowest BCUT2D eigenvalue weighted by molar-refractivity contribution is -0.167. The Hall–Kier alpha value is -0.900. The number of rotatable bonds is 1. The fourth-order valence-electron chi connectivity index (χ4n) is 1.67. The van der Waals surface area contributed by atoms with Gasteiger partial charge in [-0.25, -0.2) is 0 Å². The molecule has 4 nitrogen and oxygen atoms in total. The summed E-state index contributed by atoms with van der Waals surface area (Å²) in [7, 11) is 1.83. The van der Waals surface area contributed by atoms with Crippen molar-refractivity contribution in [3.05, 3.63) is 0 Å². The van der Waals surface area contributed by atoms with Gasteiger partial charge in [-0.1, -0.05) is 0 Å². The highest BCUT2D eigenvalue weighted by Gasteiger charge is 2.49. The van der Waals surface area contributed by atoms with Crippen LogP contribution in [0, 0.1) is 5.41 Å². The molecule has 1 atom stereocenters. The standard InChI is InChI=1S/C11H19NO3/c1-10(2,3)15-9(14)11(4)7-12(5)6-8(11)13/h6-7H2,1-5H3/t11-/m1/s1. The van der Waals surface area contributed by atoms with E-state index in [0.29, 0.717) is 13.1 Å². The maximum absolute atomic E-state index is 11.9. The molecule has 0 bridgehead atoms. The number of ketones is 1. The third-order valence-corrected chi connectivity index (χ3v) is 2.46. The normalized spacial score (nSPS) is 28.2. The molecule has 15 heavy (non-hydrogen) atoms. The van der Waals surface area contributed by atoms with E-state index in [1.165, 1.54) is 0 Å². The molecule has 1 rings (SSSR count). The van der Waals surface area contributed by atoms with Crippen molar-refractivity contribution in [1.29, 1.82) is 0 Å². The summed E-state index contributed by atoms with van der Waals surface area (Å²) >= 11 is 0. The topological polar surface area (TPSA) is 46.6 Å². The molecule has 0 aliphatic carbocycles. The number of hydrogen-bond donors (Lipinski definition) is 0. The average Bonchev–Trinajstić information content (AvgIpc) is 2.23. The third kappa shape index (κ3) is 2.56. The van der Waals surface area contributed by atoms with E-state index in [2.05, 4.69) is 0 Å². The molecule has 0 saturated carbocycles. The fourth-order valence-corrected chi connectivity index (χ4v) is 1.67. The number of likely N-dealkylation sites (N-methyl/N-ethyl adjacent to an activating group) is 1. The van der Waals surface area contributed by atoms with Crippen LogP contribution in [0.3, 0.4) is 0 Å². The number of likely N-dealkylation sites (tertiary alicyclic amines) is 1. The first-order valence-electron chi connectivity index (χ1n) is 5.10. The van der Waals surface area contributed by atoms with Crippen molar-refractivity contribution >= 4 is 11.8 Å². The van der Waals surface area contributed by atoms with Gasteiger partial charge in [0, 0.05) is 6.54 Å². The van der Waals surface area contributed by atoms with Gasteiger partial charge in [-0.05, 0) is 34.7 Å². The molecule has 0 unspecified atom stereocenters. The van der Waals surface area contributed by atoms with E-state index < -0.39 is 17.0 Å². The van der Waals surface area contributed by atoms with Crippen molar-refractivity contribution in [2.24, 2.45) is 5.41 Å². The van der Waals surface area contributed by atoms with Gasteiger partial charge >= 0.3 is 5.97 Å². The Bertz CT molecular complexity index is 293. The monoisotopic (exact) mass is 213 g/mol. The summed E-state index contributed by atoms with van der Waals surface area (Å²) in [5, 5.41) is 0. The molecule has 4 heteroatoms. The van der Waals surface area contributed by atoms with E-state index in [9.17, 15) is 9.59 Å². The largest absolute Gasteiger partial charge is 0.459 e. The number of carbonyl (C=O) groups excluding carboxylic acids is 2. The Morgan fingerprint density at radius 1 is 1.47 bits per heavy atom. The van der Waals surface area contributed by atoms with Crippen molar-refractivity contribution in [1.82, 2.24) is 4.90 Å². The maximum Gasteiger partial charge on any atom is 0.321 e. The zero-order chi connectivity index (χ0) is 11.9. The van der Waals surface area contributed by atoms with Gasteiger partial charge in [0.2, 0.25) is 0 Å². The molecule has 0 amide bonds. The van der Waals surface area contributed by atoms with E-state index in [0.717, 1.165) is 0 Å². The lowest BCUT2D eigenvalue weighted by Gasteiger charge is -2.26. The second-order valence-corrected chi connectivity index (χ2v) is 5.43. The molecule has 0 N–H and O–H groups in total. The first-order chi connectivity index (χ1) is 6.65. The van der Waals surface area contributed by atoms with Crippen LogP contribution < -0.4 is 0 Å². The fraction of sp³-hybridized carbons (Fsp3) is 0.818. The van der Waals surface area contributed by atoms with E-state index in [-0.39, 0.29) is 5.78 Å². The van der Waals surface area contributed by atoms with Crippen LogP contribution in [0.2, 0.25) is 0 Å². The Morgan fingerprint density at radius 3 is 2.33 bits per heavy atom. The maximum atomic E-state index is 11.9. The summed E-state index contributed by atoms with van der Waals surface area (Å²) in [6, 6.07) is 0. The minimum absolute atomic E-state index is 0.0562. The second-order valence-electron chi connectivity index (χ2n) is 5.43. The smallest absolute Gasteiger partial charge is 0.321 e. The first-order valence-corrected chi connectivity index (χ1v) is 5.10. The summed E-state index contributed by atoms with van der Waals surface area (Å²) in [5.74, 6) is -0.469. The molecular formula is C11H19NO3. The minimum atomic E-state index is -0.984. The number of Topliss-reactive ketones (excluding diaryl/α,β-unsaturated/α-hetero) is 1. The Kier molecular flexibility index (Phi) is 2.92. The molecule has 0 aromatic heterocycles. The minimum Gasteiger partial charge on any atom is -0.459 e. The van der Waals surface area contributed by atoms with Gasteiger partial charge in [-0.3, -0.25) is 14.5 Å². The first kappa shape index (κ1) is 12.2. The van der Waals surface area contributed by atoms with E-state index in [4.69, 9.17) is 4.74 Å². The molecule has 1 aliphatic rings. The van der Waals surface area contributed by atoms with Gasteiger partial charge in [-0.15, -0.1) is 0 Å². The van der Waals surface area contributed by atoms with Crippen molar-refractivity contribution in [3.8, 4) is 0 Å². The summed E-state index contributed by atoms with van der Waals surface area (Å²) in [6.07, 6.45) is 0. The number of esters is 1. The SMILES string of the molecule is CN1CC(=O)[C@](C)(C(=O)OC(C)(C)C)C1. The quantitative estimate of drug-likeness (QED) is 0.478. The zero-order valence-corrected chi connectivity index (χ0v) is 10.1. The molecule has 0 aromatic carbocycles. The predicted molar refractivity (Wildman–Crippen MR) is 56.5 cm³/mol. The number of nitrogens with zero attached hydrogens (tertiary/aromatic N) is 1. The Morgan fingerprint density at radius 2 is 2.00 bits per heavy atom. The van der Waals surface area contributed by atoms with Crippen molar-refractivity contribution in [3.63, 3.8) is 0 Å². The van der Waals surface area contributed by atoms with E-state index in [1.54, 1.807) is 27.7 Å². The van der Waals surface area contributed by atoms with Crippen LogP contribution in [0.25, 0.3) is 0 Å². The summed E-state index contributed by atoms with van der Waals surface area (Å²) in [6.45, 7) is 7.84. The van der Waals surface area contributed by atoms with Crippen LogP contribution in [0.15, 0.2) is 0 Å². The third-order valence-electron chi connectivity index (χ3n) is 2.46. The number of ether oxygens (including phenoxy) is 1. The molecule has 1 heterocycles. The molecular weight excluding hydrogens is 194 g/mol. The lowest BCUT2D eigenvalue weighted by Crippen LogP contribution is -2.41. The summed E-state index contributed by atoms with van der Waals surface area (Å²) in [4.78, 5) is 25.4. The summed E-state index contributed by atoms with van der Waals surface area (Å²) < 4.78 is 5.26. The highest BCUT2D eigenvalue weighted by atomic mass is 16.6. The van der Waals surface area contributed by atoms with Crippen LogP contribution in [-0.4, -0.2) is 42.4 Å². The summed E-state index contributed by atoms with van der Waals surface area (Å²) in [5.41, 5.74) is -1.52. The van der Waals surface area contributed by atoms with Crippen molar-refractivity contribution < 1.29 is 14.3 Å². The Labute approximate surface area is 90.6 Å². The van der Waals surface area contributed by atoms with Gasteiger partial charge in [0.25, 0.3) is 0 Å². The molecule has 86 valence electrons. The van der Waals surface area contributed by atoms with Crippen LogP contribution in [0.5, 0.6) is 0 Å². The van der Waals surface area contributed by atoms with E-state index >= 15 is 0 Å². The van der Waals surface area contributed by atoms with Crippen LogP contribution in [0.1, 0.15) is 27.7 Å². The van der Waals surface area contributed by atoms with Gasteiger partial charge in [-0.2, -0.15) is 0 Å². The molecule has 1 aliphatic heterocycles. The molecule has 0 spiro atoms. The van der Waals surface area contributed by atoms with Gasteiger partial charge in [0.05, 0.1) is 6.54 Å². The van der Waals surface area contributed by atoms with E-state index in [1.807, 2.05) is 11.9 Å². The lowest BCUT2D eigenvalue weighted by atomic mass is 9.88. The van der Waals surface area contributed by atoms with Crippen LogP contribution in [0.4, 0.5) is 0 Å². The van der Waals surface area contributed by atoms with Crippen molar-refractivity contribution in [2.45, 2.75) is 33.3 Å². The molecule has 0 aromatic rings. The zero-order valence-electron chi connectivity index (χ0n) is 10.1. The highest BCUT2D eigenvalue weighted by molar-refractivity contribution is 6.06. The molecule has 0 radical (unpaired) electrons. The number of hydrogen-bond acceptors (Lipinski definition) is 4. The van der Waals surface area contributed by atoms with Gasteiger partial charge < -0.3 is 4.74 Å². The second kappa shape index (κ2) is 3.59. The van der Waals surface area contributed by atoms with Crippen LogP contribution in [-0.2, 0) is 14.3 Å². The van der Waals surface area contributed by atoms with Gasteiger partial charge in [0.1, 0.15) is 11.0 Å². The number of carbonyl (C=O) groups is 2. The molecule has 1 saturated heterocycles. The molecule has 1 fully saturated rings.